The summed E-state index contributed by atoms with van der Waals surface area (Å²) < 4.78 is 31.4. The predicted octanol–water partition coefficient (Wildman–Crippen LogP) is 0.912. The second-order valence-corrected chi connectivity index (χ2v) is 6.33. The van der Waals surface area contributed by atoms with Crippen LogP contribution in [0.25, 0.3) is 0 Å². The van der Waals surface area contributed by atoms with Gasteiger partial charge in [0.1, 0.15) is 16.4 Å². The molecule has 1 aromatic rings. The van der Waals surface area contributed by atoms with Gasteiger partial charge in [-0.3, -0.25) is 0 Å². The van der Waals surface area contributed by atoms with Crippen molar-refractivity contribution >= 4 is 10.0 Å². The molecule has 6 heteroatoms. The first kappa shape index (κ1) is 13.2. The van der Waals surface area contributed by atoms with Gasteiger partial charge in [-0.2, -0.15) is 0 Å². The molecule has 0 saturated carbocycles. The van der Waals surface area contributed by atoms with Crippen LogP contribution in [0, 0.1) is 13.8 Å². The maximum Gasteiger partial charge on any atom is 0.244 e. The molecule has 0 aromatic carbocycles. The van der Waals surface area contributed by atoms with Crippen molar-refractivity contribution in [2.75, 3.05) is 6.54 Å². The van der Waals surface area contributed by atoms with Crippen LogP contribution in [0.3, 0.4) is 0 Å². The molecule has 3 N–H and O–H groups in total. The van der Waals surface area contributed by atoms with Gasteiger partial charge in [-0.05, 0) is 33.8 Å². The highest BCUT2D eigenvalue weighted by Crippen LogP contribution is 2.19. The zero-order valence-electron chi connectivity index (χ0n) is 9.99. The molecule has 0 atom stereocenters. The lowest BCUT2D eigenvalue weighted by molar-refractivity contribution is 0.487. The third-order valence-corrected chi connectivity index (χ3v) is 3.51. The minimum atomic E-state index is -3.53. The standard InChI is InChI=1S/C10H18N2O3S/c1-7-5-9(8(2)15-7)16(13,14)12-6-10(3,4)11/h5,12H,6,11H2,1-4H3. The number of sulfonamides is 1. The fourth-order valence-electron chi connectivity index (χ4n) is 1.23. The van der Waals surface area contributed by atoms with Crippen LogP contribution in [0.15, 0.2) is 15.4 Å². The molecule has 0 amide bonds. The Hall–Kier alpha value is -0.850. The van der Waals surface area contributed by atoms with Crippen molar-refractivity contribution in [2.45, 2.75) is 38.1 Å². The molecule has 1 heterocycles. The quantitative estimate of drug-likeness (QED) is 0.827. The molecule has 0 aliphatic rings. The van der Waals surface area contributed by atoms with Gasteiger partial charge in [-0.1, -0.05) is 0 Å². The Balaban J connectivity index is 2.91. The first-order valence-corrected chi connectivity index (χ1v) is 6.46. The molecular formula is C10H18N2O3S. The number of aryl methyl sites for hydroxylation is 2. The van der Waals surface area contributed by atoms with Crippen LogP contribution in [0.2, 0.25) is 0 Å². The van der Waals surface area contributed by atoms with Gasteiger partial charge in [0.15, 0.2) is 0 Å². The Morgan fingerprint density at radius 1 is 1.44 bits per heavy atom. The van der Waals surface area contributed by atoms with E-state index in [4.69, 9.17) is 10.2 Å². The normalized spacial score (nSPS) is 13.1. The molecule has 0 bridgehead atoms. The van der Waals surface area contributed by atoms with E-state index in [1.165, 1.54) is 6.07 Å². The fourth-order valence-corrected chi connectivity index (χ4v) is 2.69. The van der Waals surface area contributed by atoms with Crippen molar-refractivity contribution in [1.82, 2.24) is 4.72 Å². The summed E-state index contributed by atoms with van der Waals surface area (Å²) in [5.74, 6) is 0.963. The van der Waals surface area contributed by atoms with Gasteiger partial charge in [-0.15, -0.1) is 0 Å². The first-order valence-electron chi connectivity index (χ1n) is 4.97. The topological polar surface area (TPSA) is 85.3 Å². The lowest BCUT2D eigenvalue weighted by atomic mass is 10.1. The number of rotatable bonds is 4. The number of hydrogen-bond acceptors (Lipinski definition) is 4. The molecule has 0 aliphatic heterocycles. The fraction of sp³-hybridized carbons (Fsp3) is 0.600. The number of nitrogens with one attached hydrogen (secondary N) is 1. The van der Waals surface area contributed by atoms with Gasteiger partial charge >= 0.3 is 0 Å². The van der Waals surface area contributed by atoms with Crippen molar-refractivity contribution in [1.29, 1.82) is 0 Å². The Labute approximate surface area is 96.1 Å². The van der Waals surface area contributed by atoms with E-state index < -0.39 is 15.6 Å². The van der Waals surface area contributed by atoms with E-state index in [1.54, 1.807) is 27.7 Å². The van der Waals surface area contributed by atoms with Gasteiger partial charge in [0.25, 0.3) is 0 Å². The average Bonchev–Trinajstić information content (AvgIpc) is 2.42. The second-order valence-electron chi connectivity index (χ2n) is 4.59. The van der Waals surface area contributed by atoms with Crippen molar-refractivity contribution in [2.24, 2.45) is 5.73 Å². The van der Waals surface area contributed by atoms with E-state index in [-0.39, 0.29) is 11.4 Å². The summed E-state index contributed by atoms with van der Waals surface area (Å²) >= 11 is 0. The summed E-state index contributed by atoms with van der Waals surface area (Å²) in [4.78, 5) is 0.175. The first-order chi connectivity index (χ1) is 7.12. The van der Waals surface area contributed by atoms with E-state index in [1.807, 2.05) is 0 Å². The predicted molar refractivity (Wildman–Crippen MR) is 61.6 cm³/mol. The van der Waals surface area contributed by atoms with Crippen LogP contribution >= 0.6 is 0 Å². The van der Waals surface area contributed by atoms with Crippen LogP contribution in [0.1, 0.15) is 25.4 Å². The maximum absolute atomic E-state index is 11.9. The Bertz CT molecular complexity index is 469. The second kappa shape index (κ2) is 4.20. The molecule has 0 unspecified atom stereocenters. The Morgan fingerprint density at radius 2 is 2.00 bits per heavy atom. The monoisotopic (exact) mass is 246 g/mol. The molecule has 16 heavy (non-hydrogen) atoms. The minimum Gasteiger partial charge on any atom is -0.465 e. The van der Waals surface area contributed by atoms with Gasteiger partial charge in [0, 0.05) is 12.1 Å². The molecule has 1 aromatic heterocycles. The minimum absolute atomic E-state index is 0.175. The van der Waals surface area contributed by atoms with Crippen LogP contribution in [-0.4, -0.2) is 20.5 Å². The van der Waals surface area contributed by atoms with Gasteiger partial charge in [0.2, 0.25) is 10.0 Å². The number of furan rings is 1. The third-order valence-electron chi connectivity index (χ3n) is 2.00. The van der Waals surface area contributed by atoms with Crippen molar-refractivity contribution in [3.8, 4) is 0 Å². The third kappa shape index (κ3) is 3.33. The van der Waals surface area contributed by atoms with Crippen LogP contribution in [0.4, 0.5) is 0 Å². The van der Waals surface area contributed by atoms with Crippen LogP contribution in [-0.2, 0) is 10.0 Å². The van der Waals surface area contributed by atoms with E-state index in [2.05, 4.69) is 4.72 Å². The summed E-state index contributed by atoms with van der Waals surface area (Å²) in [5.41, 5.74) is 5.13. The smallest absolute Gasteiger partial charge is 0.244 e. The molecule has 0 aliphatic carbocycles. The lowest BCUT2D eigenvalue weighted by Gasteiger charge is -2.18. The summed E-state index contributed by atoms with van der Waals surface area (Å²) in [5, 5.41) is 0. The largest absolute Gasteiger partial charge is 0.465 e. The maximum atomic E-state index is 11.9. The summed E-state index contributed by atoms with van der Waals surface area (Å²) in [6.45, 7) is 7.01. The molecule has 0 saturated heterocycles. The summed E-state index contributed by atoms with van der Waals surface area (Å²) in [6, 6.07) is 1.50. The van der Waals surface area contributed by atoms with E-state index in [0.29, 0.717) is 11.5 Å². The zero-order chi connectivity index (χ0) is 12.6. The summed E-state index contributed by atoms with van der Waals surface area (Å²) in [7, 11) is -3.53. The molecular weight excluding hydrogens is 228 g/mol. The van der Waals surface area contributed by atoms with E-state index in [9.17, 15) is 8.42 Å². The van der Waals surface area contributed by atoms with Crippen molar-refractivity contribution in [3.63, 3.8) is 0 Å². The van der Waals surface area contributed by atoms with E-state index >= 15 is 0 Å². The lowest BCUT2D eigenvalue weighted by Crippen LogP contribution is -2.45. The van der Waals surface area contributed by atoms with Crippen molar-refractivity contribution < 1.29 is 12.8 Å². The summed E-state index contributed by atoms with van der Waals surface area (Å²) in [6.07, 6.45) is 0. The number of hydrogen-bond donors (Lipinski definition) is 2. The molecule has 0 spiro atoms. The highest BCUT2D eigenvalue weighted by Gasteiger charge is 2.22. The molecule has 92 valence electrons. The molecule has 1 rings (SSSR count). The van der Waals surface area contributed by atoms with Crippen molar-refractivity contribution in [3.05, 3.63) is 17.6 Å². The van der Waals surface area contributed by atoms with Crippen LogP contribution < -0.4 is 10.5 Å². The Morgan fingerprint density at radius 3 is 2.38 bits per heavy atom. The van der Waals surface area contributed by atoms with Gasteiger partial charge < -0.3 is 10.2 Å². The average molecular weight is 246 g/mol. The Kier molecular flexibility index (Phi) is 3.47. The SMILES string of the molecule is Cc1cc(S(=O)(=O)NCC(C)(C)N)c(C)o1. The van der Waals surface area contributed by atoms with Gasteiger partial charge in [0.05, 0.1) is 0 Å². The van der Waals surface area contributed by atoms with Crippen LogP contribution in [0.5, 0.6) is 0 Å². The highest BCUT2D eigenvalue weighted by atomic mass is 32.2. The molecule has 0 fully saturated rings. The molecule has 5 nitrogen and oxygen atoms in total. The van der Waals surface area contributed by atoms with E-state index in [0.717, 1.165) is 0 Å². The highest BCUT2D eigenvalue weighted by molar-refractivity contribution is 7.89. The number of nitrogens with two attached hydrogens (primary N) is 1. The van der Waals surface area contributed by atoms with Gasteiger partial charge in [-0.25, -0.2) is 13.1 Å². The molecule has 0 radical (unpaired) electrons. The zero-order valence-corrected chi connectivity index (χ0v) is 10.8.